The van der Waals surface area contributed by atoms with Gasteiger partial charge in [0.05, 0.1) is 12.1 Å². The van der Waals surface area contributed by atoms with E-state index in [4.69, 9.17) is 10.5 Å². The fourth-order valence-electron chi connectivity index (χ4n) is 2.82. The molecule has 1 heterocycles. The van der Waals surface area contributed by atoms with Crippen LogP contribution >= 0.6 is 0 Å². The Labute approximate surface area is 147 Å². The maximum absolute atomic E-state index is 12.4. The lowest BCUT2D eigenvalue weighted by atomic mass is 9.95. The number of carbonyl (C=O) groups is 2. The quantitative estimate of drug-likeness (QED) is 0.606. The fourth-order valence-corrected chi connectivity index (χ4v) is 2.82. The molecule has 2 amide bonds. The fraction of sp³-hybridized carbons (Fsp3) is 0.368. The Morgan fingerprint density at radius 1 is 1.12 bits per heavy atom. The molecule has 0 aliphatic carbocycles. The predicted octanol–water partition coefficient (Wildman–Crippen LogP) is 1.81. The number of nitriles is 2. The smallest absolute Gasteiger partial charge is 0.246 e. The van der Waals surface area contributed by atoms with Crippen molar-refractivity contribution in [3.63, 3.8) is 0 Å². The molecule has 2 rings (SSSR count). The molecule has 0 aromatic heterocycles. The van der Waals surface area contributed by atoms with Crippen LogP contribution in [0.3, 0.4) is 0 Å². The first-order valence-corrected chi connectivity index (χ1v) is 8.20. The van der Waals surface area contributed by atoms with Crippen LogP contribution in [0.2, 0.25) is 0 Å². The molecule has 1 aliphatic rings. The summed E-state index contributed by atoms with van der Waals surface area (Å²) in [6, 6.07) is 13.4. The number of hydrogen-bond acceptors (Lipinski definition) is 4. The molecule has 0 radical (unpaired) electrons. The number of likely N-dealkylation sites (tertiary alicyclic amines) is 1. The highest BCUT2D eigenvalue weighted by Gasteiger charge is 2.29. The molecule has 25 heavy (non-hydrogen) atoms. The molecule has 0 unspecified atom stereocenters. The zero-order valence-corrected chi connectivity index (χ0v) is 14.0. The van der Waals surface area contributed by atoms with E-state index in [0.717, 1.165) is 5.56 Å². The van der Waals surface area contributed by atoms with E-state index in [-0.39, 0.29) is 30.8 Å². The molecule has 0 atom stereocenters. The van der Waals surface area contributed by atoms with Crippen LogP contribution in [0.5, 0.6) is 0 Å². The van der Waals surface area contributed by atoms with Gasteiger partial charge in [0.25, 0.3) is 0 Å². The minimum Gasteiger partial charge on any atom is -0.339 e. The van der Waals surface area contributed by atoms with Crippen LogP contribution in [0.15, 0.2) is 36.4 Å². The maximum atomic E-state index is 12.4. The van der Waals surface area contributed by atoms with E-state index < -0.39 is 0 Å². The number of nitrogens with zero attached hydrogens (tertiary/aromatic N) is 4. The first-order valence-electron chi connectivity index (χ1n) is 8.20. The average molecular weight is 336 g/mol. The normalized spacial score (nSPS) is 14.7. The van der Waals surface area contributed by atoms with Crippen molar-refractivity contribution in [1.29, 1.82) is 10.5 Å². The van der Waals surface area contributed by atoms with E-state index in [1.165, 1.54) is 4.90 Å². The van der Waals surface area contributed by atoms with E-state index in [1.54, 1.807) is 17.1 Å². The Morgan fingerprint density at radius 2 is 1.72 bits per heavy atom. The van der Waals surface area contributed by atoms with Gasteiger partial charge >= 0.3 is 0 Å². The molecule has 1 aromatic carbocycles. The Hall–Kier alpha value is -3.12. The third-order valence-corrected chi connectivity index (χ3v) is 4.21. The summed E-state index contributed by atoms with van der Waals surface area (Å²) in [5, 5.41) is 17.5. The Kier molecular flexibility index (Phi) is 6.74. The van der Waals surface area contributed by atoms with Crippen molar-refractivity contribution >= 4 is 17.9 Å². The lowest BCUT2D eigenvalue weighted by molar-refractivity contribution is -0.138. The minimum atomic E-state index is -0.233. The van der Waals surface area contributed by atoms with Crippen LogP contribution in [-0.4, -0.2) is 47.8 Å². The summed E-state index contributed by atoms with van der Waals surface area (Å²) in [6.45, 7) is 0.847. The van der Waals surface area contributed by atoms with E-state index in [2.05, 4.69) is 0 Å². The van der Waals surface area contributed by atoms with Gasteiger partial charge in [-0.2, -0.15) is 10.5 Å². The summed E-state index contributed by atoms with van der Waals surface area (Å²) in [7, 11) is 0. The van der Waals surface area contributed by atoms with Crippen molar-refractivity contribution in [3.8, 4) is 12.1 Å². The molecule has 1 saturated heterocycles. The zero-order valence-electron chi connectivity index (χ0n) is 14.0. The summed E-state index contributed by atoms with van der Waals surface area (Å²) in [5.41, 5.74) is 0.963. The van der Waals surface area contributed by atoms with Crippen LogP contribution in [0.25, 0.3) is 6.08 Å². The number of piperidine rings is 1. The largest absolute Gasteiger partial charge is 0.339 e. The molecule has 0 N–H and O–H groups in total. The Balaban J connectivity index is 1.87. The van der Waals surface area contributed by atoms with Gasteiger partial charge in [-0.3, -0.25) is 9.59 Å². The van der Waals surface area contributed by atoms with Gasteiger partial charge in [0, 0.05) is 25.1 Å². The molecular weight excluding hydrogens is 316 g/mol. The summed E-state index contributed by atoms with van der Waals surface area (Å²) >= 11 is 0. The van der Waals surface area contributed by atoms with E-state index >= 15 is 0 Å². The molecule has 1 fully saturated rings. The highest BCUT2D eigenvalue weighted by molar-refractivity contribution is 5.92. The topological polar surface area (TPSA) is 88.2 Å². The van der Waals surface area contributed by atoms with Crippen LogP contribution in [0.4, 0.5) is 0 Å². The second-order valence-electron chi connectivity index (χ2n) is 5.85. The van der Waals surface area contributed by atoms with Crippen molar-refractivity contribution in [2.24, 2.45) is 5.92 Å². The van der Waals surface area contributed by atoms with Gasteiger partial charge < -0.3 is 9.80 Å². The zero-order chi connectivity index (χ0) is 18.1. The molecule has 1 aromatic rings. The Morgan fingerprint density at radius 3 is 2.28 bits per heavy atom. The molecule has 0 bridgehead atoms. The molecule has 1 aliphatic heterocycles. The second kappa shape index (κ2) is 9.24. The number of amides is 2. The average Bonchev–Trinajstić information content (AvgIpc) is 2.66. The van der Waals surface area contributed by atoms with Gasteiger partial charge in [-0.1, -0.05) is 30.3 Å². The molecule has 6 nitrogen and oxygen atoms in total. The maximum Gasteiger partial charge on any atom is 0.246 e. The van der Waals surface area contributed by atoms with E-state index in [9.17, 15) is 9.59 Å². The molecular formula is C19H20N4O2. The van der Waals surface area contributed by atoms with Crippen molar-refractivity contribution < 1.29 is 9.59 Å². The second-order valence-corrected chi connectivity index (χ2v) is 5.85. The lowest BCUT2D eigenvalue weighted by Crippen LogP contribution is -2.44. The van der Waals surface area contributed by atoms with Gasteiger partial charge in [-0.15, -0.1) is 0 Å². The van der Waals surface area contributed by atoms with Crippen LogP contribution in [0, 0.1) is 28.6 Å². The SMILES string of the molecule is N#CCN(CC#N)C(=O)C1CCN(C(=O)/C=C\c2ccccc2)CC1. The van der Waals surface area contributed by atoms with Crippen LogP contribution < -0.4 is 0 Å². The van der Waals surface area contributed by atoms with Crippen LogP contribution in [0.1, 0.15) is 18.4 Å². The lowest BCUT2D eigenvalue weighted by Gasteiger charge is -2.32. The first-order chi connectivity index (χ1) is 12.2. The highest BCUT2D eigenvalue weighted by atomic mass is 16.2. The standard InChI is InChI=1S/C19H20N4O2/c20-10-14-23(15-11-21)19(25)17-8-12-22(13-9-17)18(24)7-6-16-4-2-1-3-5-16/h1-7,17H,8-9,12-15H2/b7-6-. The minimum absolute atomic E-state index is 0.0688. The van der Waals surface area contributed by atoms with Crippen molar-refractivity contribution in [2.75, 3.05) is 26.2 Å². The monoisotopic (exact) mass is 336 g/mol. The van der Waals surface area contributed by atoms with Gasteiger partial charge in [0.1, 0.15) is 13.1 Å². The van der Waals surface area contributed by atoms with Crippen molar-refractivity contribution in [1.82, 2.24) is 9.80 Å². The third kappa shape index (κ3) is 5.19. The summed E-state index contributed by atoms with van der Waals surface area (Å²) in [5.74, 6) is -0.473. The number of benzene rings is 1. The highest BCUT2D eigenvalue weighted by Crippen LogP contribution is 2.20. The van der Waals surface area contributed by atoms with Gasteiger partial charge in [0.2, 0.25) is 11.8 Å². The number of rotatable bonds is 5. The Bertz CT molecular complexity index is 691. The van der Waals surface area contributed by atoms with Gasteiger partial charge in [0.15, 0.2) is 0 Å². The van der Waals surface area contributed by atoms with Gasteiger partial charge in [-0.05, 0) is 24.5 Å². The first kappa shape index (κ1) is 18.2. The molecule has 128 valence electrons. The van der Waals surface area contributed by atoms with Gasteiger partial charge in [-0.25, -0.2) is 0 Å². The summed E-state index contributed by atoms with van der Waals surface area (Å²) in [4.78, 5) is 27.6. The van der Waals surface area contributed by atoms with Crippen LogP contribution in [-0.2, 0) is 9.59 Å². The molecule has 6 heteroatoms. The molecule has 0 spiro atoms. The summed E-state index contributed by atoms with van der Waals surface area (Å²) in [6.07, 6.45) is 4.44. The van der Waals surface area contributed by atoms with Crippen molar-refractivity contribution in [2.45, 2.75) is 12.8 Å². The van der Waals surface area contributed by atoms with Crippen molar-refractivity contribution in [3.05, 3.63) is 42.0 Å². The third-order valence-electron chi connectivity index (χ3n) is 4.21. The van der Waals surface area contributed by atoms with E-state index in [1.807, 2.05) is 42.5 Å². The van der Waals surface area contributed by atoms with E-state index in [0.29, 0.717) is 25.9 Å². The summed E-state index contributed by atoms with van der Waals surface area (Å²) < 4.78 is 0. The number of hydrogen-bond donors (Lipinski definition) is 0. The predicted molar refractivity (Wildman–Crippen MR) is 92.6 cm³/mol. The molecule has 0 saturated carbocycles. The number of carbonyl (C=O) groups excluding carboxylic acids is 2.